The van der Waals surface area contributed by atoms with Crippen molar-refractivity contribution in [3.05, 3.63) is 65.2 Å². The number of amides is 1. The van der Waals surface area contributed by atoms with Gasteiger partial charge in [-0.1, -0.05) is 30.3 Å². The first-order valence-corrected chi connectivity index (χ1v) is 8.07. The van der Waals surface area contributed by atoms with Gasteiger partial charge in [0.15, 0.2) is 5.78 Å². The second-order valence-electron chi connectivity index (χ2n) is 5.70. The Balaban J connectivity index is 2.02. The molecule has 0 saturated carbocycles. The fraction of sp³-hybridized carbons (Fsp3) is 0.300. The third-order valence-electron chi connectivity index (χ3n) is 3.98. The van der Waals surface area contributed by atoms with E-state index in [1.54, 1.807) is 32.4 Å². The van der Waals surface area contributed by atoms with E-state index in [9.17, 15) is 9.59 Å². The van der Waals surface area contributed by atoms with Crippen LogP contribution in [0.2, 0.25) is 0 Å². The molecule has 0 aliphatic carbocycles. The molecule has 0 aromatic heterocycles. The molecule has 0 heterocycles. The summed E-state index contributed by atoms with van der Waals surface area (Å²) >= 11 is 0. The van der Waals surface area contributed by atoms with Crippen molar-refractivity contribution in [1.29, 1.82) is 0 Å². The molecule has 0 saturated heterocycles. The van der Waals surface area contributed by atoms with Gasteiger partial charge in [-0.15, -0.1) is 0 Å². The van der Waals surface area contributed by atoms with Gasteiger partial charge in [-0.05, 0) is 30.7 Å². The van der Waals surface area contributed by atoms with Crippen molar-refractivity contribution in [2.45, 2.75) is 19.4 Å². The average Bonchev–Trinajstić information content (AvgIpc) is 2.63. The Morgan fingerprint density at radius 2 is 1.80 bits per heavy atom. The lowest BCUT2D eigenvalue weighted by atomic mass is 10.0. The highest BCUT2D eigenvalue weighted by Gasteiger charge is 2.14. The molecule has 0 fully saturated rings. The molecule has 0 spiro atoms. The SMILES string of the molecule is COc1ccc(C(C)=O)cc1CC(=O)NCC(OC)c1ccccc1. The minimum atomic E-state index is -0.212. The van der Waals surface area contributed by atoms with Crippen LogP contribution in [0.1, 0.15) is 34.5 Å². The van der Waals surface area contributed by atoms with Gasteiger partial charge in [0.05, 0.1) is 19.6 Å². The van der Waals surface area contributed by atoms with Crippen LogP contribution in [-0.2, 0) is 16.0 Å². The first kappa shape index (κ1) is 18.7. The zero-order valence-electron chi connectivity index (χ0n) is 14.7. The van der Waals surface area contributed by atoms with Crippen molar-refractivity contribution >= 4 is 11.7 Å². The molecule has 5 heteroatoms. The number of rotatable bonds is 8. The fourth-order valence-electron chi connectivity index (χ4n) is 2.58. The summed E-state index contributed by atoms with van der Waals surface area (Å²) in [6.07, 6.45) is -0.0780. The van der Waals surface area contributed by atoms with Gasteiger partial charge in [0, 0.05) is 24.8 Å². The molecule has 2 aromatic rings. The predicted molar refractivity (Wildman–Crippen MR) is 95.9 cm³/mol. The molecule has 1 N–H and O–H groups in total. The number of hydrogen-bond acceptors (Lipinski definition) is 4. The highest BCUT2D eigenvalue weighted by Crippen LogP contribution is 2.21. The van der Waals surface area contributed by atoms with Gasteiger partial charge in [-0.2, -0.15) is 0 Å². The number of carbonyl (C=O) groups is 2. The van der Waals surface area contributed by atoms with Crippen molar-refractivity contribution in [1.82, 2.24) is 5.32 Å². The smallest absolute Gasteiger partial charge is 0.224 e. The third kappa shape index (κ3) is 5.16. The standard InChI is InChI=1S/C20H23NO4/c1-14(22)16-9-10-18(24-2)17(11-16)12-20(23)21-13-19(25-3)15-7-5-4-6-8-15/h4-11,19H,12-13H2,1-3H3,(H,21,23). The second kappa shape index (κ2) is 8.99. The van der Waals surface area contributed by atoms with E-state index in [-0.39, 0.29) is 24.2 Å². The van der Waals surface area contributed by atoms with Gasteiger partial charge in [0.1, 0.15) is 5.75 Å². The summed E-state index contributed by atoms with van der Waals surface area (Å²) in [5.41, 5.74) is 2.24. The van der Waals surface area contributed by atoms with Crippen molar-refractivity contribution in [2.75, 3.05) is 20.8 Å². The lowest BCUT2D eigenvalue weighted by Crippen LogP contribution is -2.30. The molecule has 1 unspecified atom stereocenters. The van der Waals surface area contributed by atoms with E-state index in [0.717, 1.165) is 5.56 Å². The second-order valence-corrected chi connectivity index (χ2v) is 5.70. The molecule has 25 heavy (non-hydrogen) atoms. The van der Waals surface area contributed by atoms with E-state index < -0.39 is 0 Å². The quantitative estimate of drug-likeness (QED) is 0.750. The number of nitrogens with one attached hydrogen (secondary N) is 1. The molecule has 2 rings (SSSR count). The van der Waals surface area contributed by atoms with Crippen LogP contribution in [0.4, 0.5) is 0 Å². The Kier molecular flexibility index (Phi) is 6.71. The molecule has 1 amide bonds. The average molecular weight is 341 g/mol. The van der Waals surface area contributed by atoms with Gasteiger partial charge in [-0.3, -0.25) is 9.59 Å². The summed E-state index contributed by atoms with van der Waals surface area (Å²) in [7, 11) is 3.16. The minimum absolute atomic E-state index is 0.0483. The number of hydrogen-bond donors (Lipinski definition) is 1. The van der Waals surface area contributed by atoms with E-state index in [0.29, 0.717) is 23.4 Å². The Morgan fingerprint density at radius 3 is 2.40 bits per heavy atom. The number of benzene rings is 2. The maximum absolute atomic E-state index is 12.3. The number of methoxy groups -OCH3 is 2. The summed E-state index contributed by atoms with van der Waals surface area (Å²) in [4.78, 5) is 23.8. The molecule has 132 valence electrons. The van der Waals surface area contributed by atoms with Gasteiger partial charge in [0.25, 0.3) is 0 Å². The van der Waals surface area contributed by atoms with Crippen molar-refractivity contribution in [2.24, 2.45) is 0 Å². The van der Waals surface area contributed by atoms with Crippen LogP contribution in [0.25, 0.3) is 0 Å². The Labute approximate surface area is 148 Å². The minimum Gasteiger partial charge on any atom is -0.496 e. The molecular weight excluding hydrogens is 318 g/mol. The number of Topliss-reactive ketones (excluding diaryl/α,β-unsaturated/α-hetero) is 1. The van der Waals surface area contributed by atoms with E-state index in [4.69, 9.17) is 9.47 Å². The number of ether oxygens (including phenoxy) is 2. The molecule has 0 aliphatic heterocycles. The van der Waals surface area contributed by atoms with Crippen LogP contribution in [-0.4, -0.2) is 32.5 Å². The van der Waals surface area contributed by atoms with Gasteiger partial charge >= 0.3 is 0 Å². The van der Waals surface area contributed by atoms with Gasteiger partial charge in [-0.25, -0.2) is 0 Å². The zero-order chi connectivity index (χ0) is 18.2. The van der Waals surface area contributed by atoms with Crippen LogP contribution < -0.4 is 10.1 Å². The van der Waals surface area contributed by atoms with Crippen molar-refractivity contribution in [3.8, 4) is 5.75 Å². The van der Waals surface area contributed by atoms with Crippen LogP contribution in [0, 0.1) is 0 Å². The molecule has 0 radical (unpaired) electrons. The zero-order valence-corrected chi connectivity index (χ0v) is 14.7. The molecule has 5 nitrogen and oxygen atoms in total. The topological polar surface area (TPSA) is 64.6 Å². The monoisotopic (exact) mass is 341 g/mol. The molecular formula is C20H23NO4. The Bertz CT molecular complexity index is 728. The summed E-state index contributed by atoms with van der Waals surface area (Å²) in [5, 5.41) is 2.88. The molecule has 1 atom stereocenters. The van der Waals surface area contributed by atoms with E-state index in [2.05, 4.69) is 5.32 Å². The number of carbonyl (C=O) groups excluding carboxylic acids is 2. The largest absolute Gasteiger partial charge is 0.496 e. The highest BCUT2D eigenvalue weighted by molar-refractivity contribution is 5.94. The van der Waals surface area contributed by atoms with Crippen LogP contribution in [0.5, 0.6) is 5.75 Å². The first-order valence-electron chi connectivity index (χ1n) is 8.07. The van der Waals surface area contributed by atoms with Crippen LogP contribution in [0.15, 0.2) is 48.5 Å². The van der Waals surface area contributed by atoms with Crippen LogP contribution >= 0.6 is 0 Å². The van der Waals surface area contributed by atoms with Crippen LogP contribution in [0.3, 0.4) is 0 Å². The Morgan fingerprint density at radius 1 is 1.08 bits per heavy atom. The Hall–Kier alpha value is -2.66. The van der Waals surface area contributed by atoms with Crippen molar-refractivity contribution in [3.63, 3.8) is 0 Å². The molecule has 2 aromatic carbocycles. The third-order valence-corrected chi connectivity index (χ3v) is 3.98. The van der Waals surface area contributed by atoms with E-state index in [1.807, 2.05) is 30.3 Å². The maximum Gasteiger partial charge on any atom is 0.224 e. The highest BCUT2D eigenvalue weighted by atomic mass is 16.5. The molecule has 0 aliphatic rings. The van der Waals surface area contributed by atoms with Crippen molar-refractivity contribution < 1.29 is 19.1 Å². The summed E-state index contributed by atoms with van der Waals surface area (Å²) in [6, 6.07) is 14.8. The number of ketones is 1. The lowest BCUT2D eigenvalue weighted by molar-refractivity contribution is -0.121. The van der Waals surface area contributed by atoms with Gasteiger partial charge in [0.2, 0.25) is 5.91 Å². The summed E-state index contributed by atoms with van der Waals surface area (Å²) in [6.45, 7) is 1.86. The van der Waals surface area contributed by atoms with Gasteiger partial charge < -0.3 is 14.8 Å². The normalized spacial score (nSPS) is 11.6. The summed E-state index contributed by atoms with van der Waals surface area (Å²) in [5.74, 6) is 0.385. The summed E-state index contributed by atoms with van der Waals surface area (Å²) < 4.78 is 10.7. The predicted octanol–water partition coefficient (Wildman–Crippen LogP) is 2.94. The van der Waals surface area contributed by atoms with E-state index >= 15 is 0 Å². The fourth-order valence-corrected chi connectivity index (χ4v) is 2.58. The first-order chi connectivity index (χ1) is 12.0. The maximum atomic E-state index is 12.3. The molecule has 0 bridgehead atoms. The lowest BCUT2D eigenvalue weighted by Gasteiger charge is -2.17. The van der Waals surface area contributed by atoms with E-state index in [1.165, 1.54) is 6.92 Å².